The van der Waals surface area contributed by atoms with E-state index < -0.39 is 5.91 Å². The Balaban J connectivity index is 2.97. The van der Waals surface area contributed by atoms with E-state index in [4.69, 9.17) is 5.26 Å². The third kappa shape index (κ3) is 1.83. The lowest BCUT2D eigenvalue weighted by Crippen LogP contribution is -2.17. The Morgan fingerprint density at radius 1 is 1.50 bits per heavy atom. The summed E-state index contributed by atoms with van der Waals surface area (Å²) in [6, 6.07) is 6.91. The molecule has 0 aliphatic rings. The number of nitrogens with zero attached hydrogens (tertiary/aromatic N) is 1. The largest absolute Gasteiger partial charge is 0.268 e. The van der Waals surface area contributed by atoms with E-state index in [1.807, 2.05) is 5.32 Å². The molecule has 1 amide bonds. The highest BCUT2D eigenvalue weighted by Crippen LogP contribution is 2.14. The minimum absolute atomic E-state index is 0.398. The van der Waals surface area contributed by atoms with Gasteiger partial charge in [-0.1, -0.05) is 12.1 Å². The minimum Gasteiger partial charge on any atom is -0.268 e. The lowest BCUT2D eigenvalue weighted by Gasteiger charge is -1.98. The van der Waals surface area contributed by atoms with E-state index in [-0.39, 0.29) is 0 Å². The van der Waals surface area contributed by atoms with Gasteiger partial charge in [0.15, 0.2) is 6.19 Å². The minimum atomic E-state index is -0.398. The van der Waals surface area contributed by atoms with Gasteiger partial charge < -0.3 is 0 Å². The third-order valence-corrected chi connectivity index (χ3v) is 1.98. The maximum atomic E-state index is 11.1. The van der Waals surface area contributed by atoms with Crippen molar-refractivity contribution in [1.29, 1.82) is 5.26 Å². The van der Waals surface area contributed by atoms with Crippen LogP contribution in [0.3, 0.4) is 0 Å². The molecule has 0 bridgehead atoms. The molecule has 1 aromatic rings. The number of halogens is 1. The second-order valence-electron chi connectivity index (χ2n) is 2.05. The molecule has 0 aromatic heterocycles. The maximum absolute atomic E-state index is 11.1. The molecule has 60 valence electrons. The third-order valence-electron chi connectivity index (χ3n) is 1.29. The Morgan fingerprint density at radius 3 is 2.75 bits per heavy atom. The number of carbonyl (C=O) groups is 1. The summed E-state index contributed by atoms with van der Waals surface area (Å²) in [5.74, 6) is -0.398. The second kappa shape index (κ2) is 3.88. The molecule has 0 saturated heterocycles. The zero-order valence-corrected chi connectivity index (χ0v) is 7.63. The highest BCUT2D eigenvalue weighted by atomic mass is 79.9. The van der Waals surface area contributed by atoms with E-state index >= 15 is 0 Å². The normalized spacial score (nSPS) is 8.67. The SMILES string of the molecule is N#CNC(=O)c1ccccc1Br. The molecule has 0 aliphatic carbocycles. The smallest absolute Gasteiger partial charge is 0.265 e. The van der Waals surface area contributed by atoms with Gasteiger partial charge in [-0.3, -0.25) is 10.1 Å². The topological polar surface area (TPSA) is 52.9 Å². The molecule has 0 fully saturated rings. The van der Waals surface area contributed by atoms with Gasteiger partial charge >= 0.3 is 0 Å². The molecular weight excluding hydrogens is 220 g/mol. The first-order chi connectivity index (χ1) is 5.75. The molecule has 1 aromatic carbocycles. The van der Waals surface area contributed by atoms with Crippen LogP contribution in [0.25, 0.3) is 0 Å². The fraction of sp³-hybridized carbons (Fsp3) is 0. The monoisotopic (exact) mass is 224 g/mol. The van der Waals surface area contributed by atoms with Gasteiger partial charge in [0, 0.05) is 4.47 Å². The van der Waals surface area contributed by atoms with Crippen molar-refractivity contribution in [3.63, 3.8) is 0 Å². The molecule has 1 rings (SSSR count). The van der Waals surface area contributed by atoms with E-state index in [0.717, 1.165) is 0 Å². The number of hydrogen-bond acceptors (Lipinski definition) is 2. The maximum Gasteiger partial charge on any atom is 0.265 e. The molecule has 12 heavy (non-hydrogen) atoms. The van der Waals surface area contributed by atoms with Gasteiger partial charge in [0.1, 0.15) is 0 Å². The summed E-state index contributed by atoms with van der Waals surface area (Å²) in [7, 11) is 0. The Hall–Kier alpha value is -1.34. The summed E-state index contributed by atoms with van der Waals surface area (Å²) < 4.78 is 0.678. The van der Waals surface area contributed by atoms with Crippen molar-refractivity contribution in [3.05, 3.63) is 34.3 Å². The number of carbonyl (C=O) groups excluding carboxylic acids is 1. The molecule has 0 unspecified atom stereocenters. The molecule has 0 spiro atoms. The summed E-state index contributed by atoms with van der Waals surface area (Å²) in [6.45, 7) is 0. The van der Waals surface area contributed by atoms with Crippen LogP contribution in [-0.2, 0) is 0 Å². The van der Waals surface area contributed by atoms with Crippen molar-refractivity contribution in [1.82, 2.24) is 5.32 Å². The zero-order chi connectivity index (χ0) is 8.97. The van der Waals surface area contributed by atoms with Crippen molar-refractivity contribution in [2.45, 2.75) is 0 Å². The molecule has 3 nitrogen and oxygen atoms in total. The zero-order valence-electron chi connectivity index (χ0n) is 6.04. The van der Waals surface area contributed by atoms with Crippen LogP contribution in [-0.4, -0.2) is 5.91 Å². The molecular formula is C8H5BrN2O. The number of nitrogens with one attached hydrogen (secondary N) is 1. The van der Waals surface area contributed by atoms with E-state index in [1.165, 1.54) is 0 Å². The van der Waals surface area contributed by atoms with E-state index in [0.29, 0.717) is 10.0 Å². The van der Waals surface area contributed by atoms with Gasteiger partial charge in [0.2, 0.25) is 0 Å². The van der Waals surface area contributed by atoms with Crippen LogP contribution in [0, 0.1) is 11.5 Å². The molecule has 0 heterocycles. The Labute approximate surface area is 78.1 Å². The predicted octanol–water partition coefficient (Wildman–Crippen LogP) is 1.66. The number of hydrogen-bond donors (Lipinski definition) is 1. The summed E-state index contributed by atoms with van der Waals surface area (Å²) in [5.41, 5.74) is 0.457. The van der Waals surface area contributed by atoms with Crippen molar-refractivity contribution in [2.24, 2.45) is 0 Å². The first-order valence-corrected chi connectivity index (χ1v) is 3.99. The fourth-order valence-corrected chi connectivity index (χ4v) is 1.23. The number of rotatable bonds is 1. The number of benzene rings is 1. The van der Waals surface area contributed by atoms with Gasteiger partial charge in [-0.05, 0) is 28.1 Å². The Kier molecular flexibility index (Phi) is 2.83. The van der Waals surface area contributed by atoms with Crippen LogP contribution in [0.2, 0.25) is 0 Å². The summed E-state index contributed by atoms with van der Waals surface area (Å²) >= 11 is 3.20. The van der Waals surface area contributed by atoms with Gasteiger partial charge in [0.25, 0.3) is 5.91 Å². The van der Waals surface area contributed by atoms with Crippen molar-refractivity contribution < 1.29 is 4.79 Å². The quantitative estimate of drug-likeness (QED) is 0.583. The summed E-state index contributed by atoms with van der Waals surface area (Å²) in [5, 5.41) is 10.2. The molecule has 0 radical (unpaired) electrons. The molecule has 0 aliphatic heterocycles. The molecule has 0 saturated carbocycles. The van der Waals surface area contributed by atoms with E-state index in [1.54, 1.807) is 30.5 Å². The summed E-state index contributed by atoms with van der Waals surface area (Å²) in [6.07, 6.45) is 1.57. The molecule has 4 heteroatoms. The average molecular weight is 225 g/mol. The van der Waals surface area contributed by atoms with Crippen LogP contribution in [0.4, 0.5) is 0 Å². The van der Waals surface area contributed by atoms with Crippen LogP contribution in [0.5, 0.6) is 0 Å². The van der Waals surface area contributed by atoms with E-state index in [9.17, 15) is 4.79 Å². The first-order valence-electron chi connectivity index (χ1n) is 3.19. The van der Waals surface area contributed by atoms with Crippen LogP contribution in [0.1, 0.15) is 10.4 Å². The number of nitriles is 1. The molecule has 1 N–H and O–H groups in total. The summed E-state index contributed by atoms with van der Waals surface area (Å²) in [4.78, 5) is 11.1. The number of amides is 1. The fourth-order valence-electron chi connectivity index (χ4n) is 0.763. The van der Waals surface area contributed by atoms with Crippen LogP contribution < -0.4 is 5.32 Å². The van der Waals surface area contributed by atoms with Gasteiger partial charge in [0.05, 0.1) is 5.56 Å². The van der Waals surface area contributed by atoms with Gasteiger partial charge in [-0.15, -0.1) is 0 Å². The Morgan fingerprint density at radius 2 is 2.17 bits per heavy atom. The highest BCUT2D eigenvalue weighted by molar-refractivity contribution is 9.10. The Bertz CT molecular complexity index is 343. The van der Waals surface area contributed by atoms with Crippen molar-refractivity contribution in [2.75, 3.05) is 0 Å². The lowest BCUT2D eigenvalue weighted by atomic mass is 10.2. The van der Waals surface area contributed by atoms with Crippen molar-refractivity contribution in [3.8, 4) is 6.19 Å². The van der Waals surface area contributed by atoms with Gasteiger partial charge in [-0.2, -0.15) is 5.26 Å². The van der Waals surface area contributed by atoms with Crippen LogP contribution in [0.15, 0.2) is 28.7 Å². The molecule has 0 atom stereocenters. The average Bonchev–Trinajstić information content (AvgIpc) is 2.05. The highest BCUT2D eigenvalue weighted by Gasteiger charge is 2.06. The van der Waals surface area contributed by atoms with Crippen molar-refractivity contribution >= 4 is 21.8 Å². The van der Waals surface area contributed by atoms with Crippen LogP contribution >= 0.6 is 15.9 Å². The lowest BCUT2D eigenvalue weighted by molar-refractivity contribution is 0.0972. The standard InChI is InChI=1S/C8H5BrN2O/c9-7-4-2-1-3-6(7)8(12)11-5-10/h1-4H,(H,11,12). The van der Waals surface area contributed by atoms with E-state index in [2.05, 4.69) is 15.9 Å². The second-order valence-corrected chi connectivity index (χ2v) is 2.90. The van der Waals surface area contributed by atoms with Gasteiger partial charge in [-0.25, -0.2) is 0 Å². The first kappa shape index (κ1) is 8.75. The predicted molar refractivity (Wildman–Crippen MR) is 47.2 cm³/mol.